The number of nitrogens with one attached hydrogen (secondary N) is 2. The molecule has 4 rings (SSSR count). The third-order valence-corrected chi connectivity index (χ3v) is 6.22. The molecule has 1 heterocycles. The van der Waals surface area contributed by atoms with Crippen molar-refractivity contribution in [3.05, 3.63) is 62.8 Å². The highest BCUT2D eigenvalue weighted by Gasteiger charge is 2.39. The maximum Gasteiger partial charge on any atom is 0.163 e. The van der Waals surface area contributed by atoms with Crippen LogP contribution in [0.1, 0.15) is 49.4 Å². The van der Waals surface area contributed by atoms with Crippen molar-refractivity contribution in [3.63, 3.8) is 0 Å². The molecular weight excluding hydrogens is 416 g/mol. The van der Waals surface area contributed by atoms with Crippen LogP contribution >= 0.6 is 15.9 Å². The van der Waals surface area contributed by atoms with Crippen LogP contribution in [0.3, 0.4) is 0 Å². The molecule has 3 N–H and O–H groups in total. The summed E-state index contributed by atoms with van der Waals surface area (Å²) >= 11 is 3.50. The molecule has 2 aliphatic rings. The van der Waals surface area contributed by atoms with E-state index in [1.807, 2.05) is 6.07 Å². The number of fused-ring (bicyclic) bond motifs is 1. The average Bonchev–Trinajstić information content (AvgIpc) is 2.73. The van der Waals surface area contributed by atoms with E-state index < -0.39 is 6.04 Å². The minimum atomic E-state index is -0.410. The predicted molar refractivity (Wildman–Crippen MR) is 117 cm³/mol. The van der Waals surface area contributed by atoms with Crippen molar-refractivity contribution in [3.8, 4) is 5.75 Å². The van der Waals surface area contributed by atoms with Crippen molar-refractivity contribution >= 4 is 33.1 Å². The number of carbonyl (C=O) groups is 1. The van der Waals surface area contributed by atoms with Gasteiger partial charge in [-0.3, -0.25) is 4.79 Å². The normalized spacial score (nSPS) is 20.6. The summed E-state index contributed by atoms with van der Waals surface area (Å²) in [6.45, 7) is 8.42. The maximum absolute atomic E-state index is 13.2. The topological polar surface area (TPSA) is 61.4 Å². The third kappa shape index (κ3) is 3.32. The Labute approximate surface area is 174 Å². The molecule has 0 amide bonds. The molecule has 0 fully saturated rings. The van der Waals surface area contributed by atoms with E-state index in [4.69, 9.17) is 0 Å². The number of carbonyl (C=O) groups excluding carboxylic acids is 1. The Morgan fingerprint density at radius 2 is 1.75 bits per heavy atom. The van der Waals surface area contributed by atoms with E-state index in [9.17, 15) is 9.90 Å². The number of aromatic hydroxyl groups is 1. The van der Waals surface area contributed by atoms with Crippen molar-refractivity contribution in [1.82, 2.24) is 0 Å². The lowest BCUT2D eigenvalue weighted by molar-refractivity contribution is -0.118. The lowest BCUT2D eigenvalue weighted by atomic mass is 9.73. The van der Waals surface area contributed by atoms with Gasteiger partial charge < -0.3 is 15.7 Å². The van der Waals surface area contributed by atoms with E-state index in [0.29, 0.717) is 12.0 Å². The highest BCUT2D eigenvalue weighted by molar-refractivity contribution is 9.10. The second-order valence-corrected chi connectivity index (χ2v) is 9.64. The molecule has 5 heteroatoms. The zero-order valence-electron chi connectivity index (χ0n) is 16.6. The second-order valence-electron chi connectivity index (χ2n) is 8.72. The Kier molecular flexibility index (Phi) is 4.53. The lowest BCUT2D eigenvalue weighted by Crippen LogP contribution is -2.31. The molecule has 2 aromatic carbocycles. The zero-order chi connectivity index (χ0) is 20.2. The van der Waals surface area contributed by atoms with Gasteiger partial charge in [-0.2, -0.15) is 0 Å². The van der Waals surface area contributed by atoms with Gasteiger partial charge in [0.15, 0.2) is 5.78 Å². The van der Waals surface area contributed by atoms with Gasteiger partial charge in [-0.25, -0.2) is 0 Å². The van der Waals surface area contributed by atoms with Crippen LogP contribution < -0.4 is 10.6 Å². The number of hydrogen-bond acceptors (Lipinski definition) is 4. The van der Waals surface area contributed by atoms with E-state index in [0.717, 1.165) is 33.5 Å². The predicted octanol–water partition coefficient (Wildman–Crippen LogP) is 5.99. The number of anilines is 2. The number of Topliss-reactive ketones (excluding diaryl/α,β-unsaturated/α-hetero) is 1. The smallest absolute Gasteiger partial charge is 0.163 e. The van der Waals surface area contributed by atoms with Crippen molar-refractivity contribution in [1.29, 1.82) is 0 Å². The molecule has 2 aromatic rings. The number of ketones is 1. The number of phenols is 1. The molecule has 0 bridgehead atoms. The van der Waals surface area contributed by atoms with Gasteiger partial charge >= 0.3 is 0 Å². The lowest BCUT2D eigenvalue weighted by Gasteiger charge is -2.34. The number of hydrogen-bond donors (Lipinski definition) is 3. The molecule has 1 aliphatic heterocycles. The van der Waals surface area contributed by atoms with Crippen LogP contribution in [0.25, 0.3) is 0 Å². The molecule has 0 aromatic heterocycles. The SMILES string of the molecule is Cc1cc2c(cc1C)NC(c1cc(Br)ccc1O)C1=C(CC(C)(C)CC1=O)N2. The molecule has 1 unspecified atom stereocenters. The molecule has 0 saturated heterocycles. The summed E-state index contributed by atoms with van der Waals surface area (Å²) in [7, 11) is 0. The molecule has 28 heavy (non-hydrogen) atoms. The number of halogens is 1. The van der Waals surface area contributed by atoms with Crippen LogP contribution in [0.4, 0.5) is 11.4 Å². The summed E-state index contributed by atoms with van der Waals surface area (Å²) in [5.41, 5.74) is 6.54. The average molecular weight is 441 g/mol. The third-order valence-electron chi connectivity index (χ3n) is 5.73. The Morgan fingerprint density at radius 1 is 1.07 bits per heavy atom. The standard InChI is InChI=1S/C23H25BrN2O2/c1-12-7-16-17(8-13(12)2)26-22(15-9-14(24)5-6-19(15)27)21-18(25-16)10-23(3,4)11-20(21)28/h5-9,22,25-27H,10-11H2,1-4H3. The van der Waals surface area contributed by atoms with Gasteiger partial charge in [0.2, 0.25) is 0 Å². The van der Waals surface area contributed by atoms with E-state index in [1.54, 1.807) is 12.1 Å². The molecule has 0 spiro atoms. The fourth-order valence-electron chi connectivity index (χ4n) is 4.20. The molecular formula is C23H25BrN2O2. The number of phenolic OH excluding ortho intramolecular Hbond substituents is 1. The fraction of sp³-hybridized carbons (Fsp3) is 0.348. The molecule has 1 aliphatic carbocycles. The first-order chi connectivity index (χ1) is 13.1. The van der Waals surface area contributed by atoms with E-state index in [1.165, 1.54) is 11.1 Å². The molecule has 4 nitrogen and oxygen atoms in total. The van der Waals surface area contributed by atoms with Crippen molar-refractivity contribution in [2.45, 2.75) is 46.6 Å². The summed E-state index contributed by atoms with van der Waals surface area (Å²) in [6.07, 6.45) is 1.28. The van der Waals surface area contributed by atoms with Crippen molar-refractivity contribution in [2.75, 3.05) is 10.6 Å². The maximum atomic E-state index is 13.2. The van der Waals surface area contributed by atoms with Crippen molar-refractivity contribution < 1.29 is 9.90 Å². The Balaban J connectivity index is 1.95. The first-order valence-corrected chi connectivity index (χ1v) is 10.3. The van der Waals surface area contributed by atoms with Crippen LogP contribution in [0.2, 0.25) is 0 Å². The second kappa shape index (κ2) is 6.66. The fourth-order valence-corrected chi connectivity index (χ4v) is 4.58. The number of allylic oxidation sites excluding steroid dienone is 1. The summed E-state index contributed by atoms with van der Waals surface area (Å²) in [6, 6.07) is 9.17. The van der Waals surface area contributed by atoms with Gasteiger partial charge in [0.25, 0.3) is 0 Å². The van der Waals surface area contributed by atoms with E-state index in [2.05, 4.69) is 66.4 Å². The first kappa shape index (κ1) is 19.1. The number of aryl methyl sites for hydroxylation is 2. The van der Waals surface area contributed by atoms with Gasteiger partial charge in [0, 0.05) is 27.7 Å². The Morgan fingerprint density at radius 3 is 2.46 bits per heavy atom. The van der Waals surface area contributed by atoms with Crippen LogP contribution in [0, 0.1) is 19.3 Å². The van der Waals surface area contributed by atoms with Gasteiger partial charge in [-0.1, -0.05) is 29.8 Å². The minimum absolute atomic E-state index is 0.100. The van der Waals surface area contributed by atoms with Gasteiger partial charge in [0.05, 0.1) is 17.4 Å². The Bertz CT molecular complexity index is 1020. The van der Waals surface area contributed by atoms with E-state index >= 15 is 0 Å². The number of benzene rings is 2. The van der Waals surface area contributed by atoms with Crippen LogP contribution in [0.5, 0.6) is 5.75 Å². The molecule has 146 valence electrons. The van der Waals surface area contributed by atoms with Crippen LogP contribution in [-0.4, -0.2) is 10.9 Å². The summed E-state index contributed by atoms with van der Waals surface area (Å²) < 4.78 is 0.866. The van der Waals surface area contributed by atoms with Gasteiger partial charge in [-0.15, -0.1) is 0 Å². The molecule has 1 atom stereocenters. The summed E-state index contributed by atoms with van der Waals surface area (Å²) in [5, 5.41) is 17.7. The zero-order valence-corrected chi connectivity index (χ0v) is 18.2. The van der Waals surface area contributed by atoms with E-state index in [-0.39, 0.29) is 16.9 Å². The highest BCUT2D eigenvalue weighted by Crippen LogP contribution is 2.47. The molecule has 0 saturated carbocycles. The Hall–Kier alpha value is -2.27. The molecule has 0 radical (unpaired) electrons. The largest absolute Gasteiger partial charge is 0.508 e. The van der Waals surface area contributed by atoms with Crippen LogP contribution in [0.15, 0.2) is 46.1 Å². The highest BCUT2D eigenvalue weighted by atomic mass is 79.9. The first-order valence-electron chi connectivity index (χ1n) is 9.54. The monoisotopic (exact) mass is 440 g/mol. The van der Waals surface area contributed by atoms with Crippen LogP contribution in [-0.2, 0) is 4.79 Å². The minimum Gasteiger partial charge on any atom is -0.508 e. The van der Waals surface area contributed by atoms with Crippen molar-refractivity contribution in [2.24, 2.45) is 5.41 Å². The summed E-state index contributed by atoms with van der Waals surface area (Å²) in [4.78, 5) is 13.2. The quantitative estimate of drug-likeness (QED) is 0.509. The van der Waals surface area contributed by atoms with Gasteiger partial charge in [0.1, 0.15) is 5.75 Å². The number of rotatable bonds is 1. The van der Waals surface area contributed by atoms with Gasteiger partial charge in [-0.05, 0) is 67.1 Å². The summed E-state index contributed by atoms with van der Waals surface area (Å²) in [5.74, 6) is 0.300.